The van der Waals surface area contributed by atoms with Crippen molar-refractivity contribution in [1.82, 2.24) is 4.90 Å². The number of ether oxygens (including phenoxy) is 1. The van der Waals surface area contributed by atoms with Crippen molar-refractivity contribution in [2.45, 2.75) is 20.3 Å². The van der Waals surface area contributed by atoms with Gasteiger partial charge in [0.05, 0.1) is 22.2 Å². The molecular weight excluding hydrogens is 508 g/mol. The van der Waals surface area contributed by atoms with Gasteiger partial charge in [0, 0.05) is 54.6 Å². The van der Waals surface area contributed by atoms with Crippen LogP contribution >= 0.6 is 11.6 Å². The Morgan fingerprint density at radius 2 is 1.68 bits per heavy atom. The summed E-state index contributed by atoms with van der Waals surface area (Å²) in [4.78, 5) is 40.1. The smallest absolute Gasteiger partial charge is 0.272 e. The number of nitro groups is 1. The maximum absolute atomic E-state index is 12.9. The number of carbonyl (C=O) groups is 2. The molecule has 0 bridgehead atoms. The van der Waals surface area contributed by atoms with Crippen molar-refractivity contribution in [2.24, 2.45) is 0 Å². The summed E-state index contributed by atoms with van der Waals surface area (Å²) >= 11 is 6.56. The molecule has 1 fully saturated rings. The molecule has 2 amide bonds. The van der Waals surface area contributed by atoms with Crippen LogP contribution in [0.3, 0.4) is 0 Å². The molecular formula is C28H29ClN4O5. The monoisotopic (exact) mass is 536 g/mol. The SMILES string of the molecule is CCCOc1ccc(C(=O)N2CCN(c3ccc(NC(=O)c4ccc([N+](=O)[O-])c(C)c4)cc3Cl)CC2)cc1. The number of nitrogens with one attached hydrogen (secondary N) is 1. The summed E-state index contributed by atoms with van der Waals surface area (Å²) in [5.74, 6) is 0.353. The molecule has 1 aliphatic rings. The van der Waals surface area contributed by atoms with Crippen LogP contribution < -0.4 is 15.0 Å². The molecule has 0 saturated carbocycles. The van der Waals surface area contributed by atoms with Gasteiger partial charge in [0.15, 0.2) is 0 Å². The Labute approximate surface area is 226 Å². The first-order valence-corrected chi connectivity index (χ1v) is 12.8. The van der Waals surface area contributed by atoms with Crippen LogP contribution in [0.1, 0.15) is 39.6 Å². The Balaban J connectivity index is 1.34. The van der Waals surface area contributed by atoms with Crippen LogP contribution in [0, 0.1) is 17.0 Å². The summed E-state index contributed by atoms with van der Waals surface area (Å²) in [6.45, 7) is 6.64. The number of hydrogen-bond acceptors (Lipinski definition) is 6. The highest BCUT2D eigenvalue weighted by Gasteiger charge is 2.24. The van der Waals surface area contributed by atoms with Gasteiger partial charge in [0.2, 0.25) is 0 Å². The summed E-state index contributed by atoms with van der Waals surface area (Å²) < 4.78 is 5.59. The summed E-state index contributed by atoms with van der Waals surface area (Å²) in [7, 11) is 0. The van der Waals surface area contributed by atoms with Gasteiger partial charge in [-0.15, -0.1) is 0 Å². The highest BCUT2D eigenvalue weighted by molar-refractivity contribution is 6.33. The lowest BCUT2D eigenvalue weighted by molar-refractivity contribution is -0.385. The number of amides is 2. The second-order valence-corrected chi connectivity index (χ2v) is 9.44. The number of anilines is 2. The predicted octanol–water partition coefficient (Wildman–Crippen LogP) is 5.56. The van der Waals surface area contributed by atoms with E-state index in [1.807, 2.05) is 30.0 Å². The van der Waals surface area contributed by atoms with Crippen molar-refractivity contribution in [2.75, 3.05) is 43.0 Å². The Morgan fingerprint density at radius 3 is 2.29 bits per heavy atom. The van der Waals surface area contributed by atoms with Gasteiger partial charge in [-0.05, 0) is 67.9 Å². The standard InChI is InChI=1S/C28H29ClN4O5/c1-3-16-38-23-8-4-20(5-9-23)28(35)32-14-12-31(13-15-32)26-11-7-22(18-24(26)29)30-27(34)21-6-10-25(33(36)37)19(2)17-21/h4-11,17-18H,3,12-16H2,1-2H3,(H,30,34). The molecule has 10 heteroatoms. The summed E-state index contributed by atoms with van der Waals surface area (Å²) in [5, 5.41) is 14.3. The van der Waals surface area contributed by atoms with Gasteiger partial charge in [-0.2, -0.15) is 0 Å². The molecule has 1 saturated heterocycles. The second-order valence-electron chi connectivity index (χ2n) is 9.03. The van der Waals surface area contributed by atoms with Crippen molar-refractivity contribution >= 4 is 40.5 Å². The fourth-order valence-corrected chi connectivity index (χ4v) is 4.59. The van der Waals surface area contributed by atoms with Crippen LogP contribution in [-0.4, -0.2) is 54.4 Å². The lowest BCUT2D eigenvalue weighted by Crippen LogP contribution is -2.48. The van der Waals surface area contributed by atoms with Gasteiger partial charge in [0.1, 0.15) is 5.75 Å². The van der Waals surface area contributed by atoms with Crippen molar-refractivity contribution in [3.63, 3.8) is 0 Å². The maximum Gasteiger partial charge on any atom is 0.272 e. The molecule has 4 rings (SSSR count). The van der Waals surface area contributed by atoms with E-state index in [0.717, 1.165) is 17.9 Å². The van der Waals surface area contributed by atoms with E-state index < -0.39 is 4.92 Å². The lowest BCUT2D eigenvalue weighted by Gasteiger charge is -2.36. The number of nitro benzene ring substituents is 1. The van der Waals surface area contributed by atoms with E-state index in [-0.39, 0.29) is 17.5 Å². The summed E-state index contributed by atoms with van der Waals surface area (Å²) in [6.07, 6.45) is 0.925. The fourth-order valence-electron chi connectivity index (χ4n) is 4.29. The summed E-state index contributed by atoms with van der Waals surface area (Å²) in [5.41, 5.74) is 2.65. The first kappa shape index (κ1) is 26.9. The van der Waals surface area contributed by atoms with Gasteiger partial charge in [-0.3, -0.25) is 19.7 Å². The van der Waals surface area contributed by atoms with E-state index in [1.165, 1.54) is 18.2 Å². The van der Waals surface area contributed by atoms with Crippen molar-refractivity contribution in [3.05, 3.63) is 92.5 Å². The van der Waals surface area contributed by atoms with Crippen LogP contribution in [0.25, 0.3) is 0 Å². The number of rotatable bonds is 8. The van der Waals surface area contributed by atoms with Gasteiger partial charge in [0.25, 0.3) is 17.5 Å². The van der Waals surface area contributed by atoms with Crippen LogP contribution in [0.2, 0.25) is 5.02 Å². The average Bonchev–Trinajstić information content (AvgIpc) is 2.91. The number of benzene rings is 3. The minimum absolute atomic E-state index is 0.0164. The largest absolute Gasteiger partial charge is 0.494 e. The Hall–Kier alpha value is -4.11. The molecule has 0 spiro atoms. The average molecular weight is 537 g/mol. The zero-order valence-corrected chi connectivity index (χ0v) is 22.0. The van der Waals surface area contributed by atoms with E-state index in [2.05, 4.69) is 10.2 Å². The molecule has 3 aromatic rings. The highest BCUT2D eigenvalue weighted by Crippen LogP contribution is 2.30. The molecule has 0 aromatic heterocycles. The normalized spacial score (nSPS) is 13.2. The van der Waals surface area contributed by atoms with E-state index >= 15 is 0 Å². The first-order chi connectivity index (χ1) is 18.3. The zero-order valence-electron chi connectivity index (χ0n) is 21.3. The zero-order chi connectivity index (χ0) is 27.2. The van der Waals surface area contributed by atoms with Crippen molar-refractivity contribution in [1.29, 1.82) is 0 Å². The molecule has 198 valence electrons. The van der Waals surface area contributed by atoms with Crippen LogP contribution in [0.5, 0.6) is 5.75 Å². The second kappa shape index (κ2) is 12.0. The Bertz CT molecular complexity index is 1340. The van der Waals surface area contributed by atoms with Crippen LogP contribution in [0.4, 0.5) is 17.1 Å². The molecule has 0 aliphatic carbocycles. The maximum atomic E-state index is 12.9. The van der Waals surface area contributed by atoms with Gasteiger partial charge >= 0.3 is 0 Å². The third-order valence-electron chi connectivity index (χ3n) is 6.34. The van der Waals surface area contributed by atoms with Crippen LogP contribution in [0.15, 0.2) is 60.7 Å². The lowest BCUT2D eigenvalue weighted by atomic mass is 10.1. The molecule has 0 atom stereocenters. The molecule has 3 aromatic carbocycles. The van der Waals surface area contributed by atoms with Crippen molar-refractivity contribution in [3.8, 4) is 5.75 Å². The number of hydrogen-bond donors (Lipinski definition) is 1. The molecule has 38 heavy (non-hydrogen) atoms. The van der Waals surface area contributed by atoms with E-state index in [1.54, 1.807) is 31.2 Å². The predicted molar refractivity (Wildman–Crippen MR) is 148 cm³/mol. The van der Waals surface area contributed by atoms with E-state index in [0.29, 0.717) is 60.2 Å². The molecule has 0 unspecified atom stereocenters. The first-order valence-electron chi connectivity index (χ1n) is 12.4. The minimum atomic E-state index is -0.480. The topological polar surface area (TPSA) is 105 Å². The van der Waals surface area contributed by atoms with Crippen molar-refractivity contribution < 1.29 is 19.2 Å². The molecule has 0 radical (unpaired) electrons. The third-order valence-corrected chi connectivity index (χ3v) is 6.65. The van der Waals surface area contributed by atoms with E-state index in [9.17, 15) is 19.7 Å². The quantitative estimate of drug-likeness (QED) is 0.298. The van der Waals surface area contributed by atoms with Crippen LogP contribution in [-0.2, 0) is 0 Å². The summed E-state index contributed by atoms with van der Waals surface area (Å²) in [6, 6.07) is 16.7. The molecule has 1 N–H and O–H groups in total. The molecule has 9 nitrogen and oxygen atoms in total. The van der Waals surface area contributed by atoms with Gasteiger partial charge in [-0.25, -0.2) is 0 Å². The Kier molecular flexibility index (Phi) is 8.48. The number of aryl methyl sites for hydroxylation is 1. The van der Waals surface area contributed by atoms with Gasteiger partial charge < -0.3 is 19.9 Å². The third kappa shape index (κ3) is 6.23. The number of carbonyl (C=O) groups excluding carboxylic acids is 2. The number of piperazine rings is 1. The Morgan fingerprint density at radius 1 is 1.00 bits per heavy atom. The molecule has 1 heterocycles. The number of nitrogens with zero attached hydrogens (tertiary/aromatic N) is 3. The molecule has 1 aliphatic heterocycles. The fraction of sp³-hybridized carbons (Fsp3) is 0.286. The van der Waals surface area contributed by atoms with E-state index in [4.69, 9.17) is 16.3 Å². The van der Waals surface area contributed by atoms with Gasteiger partial charge in [-0.1, -0.05) is 18.5 Å². The minimum Gasteiger partial charge on any atom is -0.494 e. The highest BCUT2D eigenvalue weighted by atomic mass is 35.5. The number of halogens is 1.